The summed E-state index contributed by atoms with van der Waals surface area (Å²) in [5.74, 6) is 2.99. The van der Waals surface area contributed by atoms with Crippen molar-refractivity contribution in [3.63, 3.8) is 0 Å². The van der Waals surface area contributed by atoms with Gasteiger partial charge in [0.15, 0.2) is 0 Å². The van der Waals surface area contributed by atoms with Gasteiger partial charge in [0.05, 0.1) is 0 Å². The van der Waals surface area contributed by atoms with Gasteiger partial charge in [-0.25, -0.2) is 0 Å². The molecule has 1 atom stereocenters. The van der Waals surface area contributed by atoms with Crippen LogP contribution in [-0.2, 0) is 25.8 Å². The van der Waals surface area contributed by atoms with Crippen LogP contribution in [0.3, 0.4) is 0 Å². The number of alkyl halides is 1. The number of furan rings is 1. The van der Waals surface area contributed by atoms with E-state index in [1.54, 1.807) is 4.88 Å². The summed E-state index contributed by atoms with van der Waals surface area (Å²) in [7, 11) is 0. The first kappa shape index (κ1) is 12.9. The van der Waals surface area contributed by atoms with Gasteiger partial charge in [0.2, 0.25) is 0 Å². The van der Waals surface area contributed by atoms with Gasteiger partial charge in [0, 0.05) is 53.2 Å². The van der Waals surface area contributed by atoms with Crippen molar-refractivity contribution in [2.24, 2.45) is 0 Å². The van der Waals surface area contributed by atoms with Gasteiger partial charge in [0.25, 0.3) is 0 Å². The number of fused-ring (bicyclic) bond motifs is 4. The van der Waals surface area contributed by atoms with Crippen LogP contribution in [0.1, 0.15) is 38.4 Å². The Bertz CT molecular complexity index is 645. The standard InChI is InChI=1S/C16H18ClNOS/c1-10-6-13-14-8-16-11(7-12(20-16)2-4-17)9-18(14)5-3-15(13)19-10/h6-7,14H,2-5,8-9H2,1H3/t14-/m0/s1. The Morgan fingerprint density at radius 3 is 3.20 bits per heavy atom. The predicted molar refractivity (Wildman–Crippen MR) is 82.7 cm³/mol. The van der Waals surface area contributed by atoms with Crippen LogP contribution in [0.2, 0.25) is 0 Å². The smallest absolute Gasteiger partial charge is 0.110 e. The summed E-state index contributed by atoms with van der Waals surface area (Å²) in [4.78, 5) is 5.60. The first-order chi connectivity index (χ1) is 9.74. The summed E-state index contributed by atoms with van der Waals surface area (Å²) < 4.78 is 5.85. The molecule has 2 aliphatic heterocycles. The van der Waals surface area contributed by atoms with Crippen molar-refractivity contribution in [3.05, 3.63) is 44.5 Å². The van der Waals surface area contributed by atoms with Crippen LogP contribution in [0.5, 0.6) is 0 Å². The Morgan fingerprint density at radius 2 is 2.35 bits per heavy atom. The molecule has 2 aliphatic rings. The molecular formula is C16H18ClNOS. The van der Waals surface area contributed by atoms with Crippen LogP contribution in [0, 0.1) is 6.92 Å². The van der Waals surface area contributed by atoms with Crippen molar-refractivity contribution in [2.75, 3.05) is 12.4 Å². The highest BCUT2D eigenvalue weighted by Gasteiger charge is 2.34. The zero-order valence-electron chi connectivity index (χ0n) is 11.6. The van der Waals surface area contributed by atoms with Crippen LogP contribution in [0.25, 0.3) is 0 Å². The number of hydrogen-bond donors (Lipinski definition) is 0. The Kier molecular flexibility index (Phi) is 3.17. The molecule has 4 heteroatoms. The topological polar surface area (TPSA) is 16.4 Å². The molecule has 0 fully saturated rings. The van der Waals surface area contributed by atoms with E-state index in [9.17, 15) is 0 Å². The molecule has 20 heavy (non-hydrogen) atoms. The van der Waals surface area contributed by atoms with Crippen molar-refractivity contribution >= 4 is 22.9 Å². The van der Waals surface area contributed by atoms with E-state index in [4.69, 9.17) is 16.0 Å². The van der Waals surface area contributed by atoms with Gasteiger partial charge in [-0.15, -0.1) is 22.9 Å². The minimum atomic E-state index is 0.520. The molecule has 106 valence electrons. The second kappa shape index (κ2) is 4.90. The first-order valence-electron chi connectivity index (χ1n) is 7.24. The number of aryl methyl sites for hydroxylation is 2. The van der Waals surface area contributed by atoms with E-state index in [0.29, 0.717) is 6.04 Å². The molecular weight excluding hydrogens is 290 g/mol. The quantitative estimate of drug-likeness (QED) is 0.777. The maximum absolute atomic E-state index is 5.88. The van der Waals surface area contributed by atoms with Crippen LogP contribution < -0.4 is 0 Å². The molecule has 0 unspecified atom stereocenters. The lowest BCUT2D eigenvalue weighted by atomic mass is 9.91. The lowest BCUT2D eigenvalue weighted by Crippen LogP contribution is -2.38. The average Bonchev–Trinajstić information content (AvgIpc) is 2.98. The molecule has 0 spiro atoms. The molecule has 0 aliphatic carbocycles. The van der Waals surface area contributed by atoms with Crippen LogP contribution in [0.4, 0.5) is 0 Å². The van der Waals surface area contributed by atoms with E-state index < -0.39 is 0 Å². The Morgan fingerprint density at radius 1 is 1.45 bits per heavy atom. The number of nitrogens with zero attached hydrogens (tertiary/aromatic N) is 1. The summed E-state index contributed by atoms with van der Waals surface area (Å²) >= 11 is 7.83. The van der Waals surface area contributed by atoms with E-state index in [1.165, 1.54) is 21.8 Å². The van der Waals surface area contributed by atoms with Gasteiger partial charge in [-0.3, -0.25) is 4.90 Å². The normalized spacial score (nSPS) is 21.4. The van der Waals surface area contributed by atoms with Gasteiger partial charge < -0.3 is 4.42 Å². The summed E-state index contributed by atoms with van der Waals surface area (Å²) in [6.07, 6.45) is 3.18. The Hall–Kier alpha value is -0.770. The maximum Gasteiger partial charge on any atom is 0.110 e. The minimum absolute atomic E-state index is 0.520. The molecule has 0 radical (unpaired) electrons. The minimum Gasteiger partial charge on any atom is -0.466 e. The summed E-state index contributed by atoms with van der Waals surface area (Å²) in [6, 6.07) is 5.13. The molecule has 0 amide bonds. The van der Waals surface area contributed by atoms with Crippen molar-refractivity contribution in [2.45, 2.75) is 38.8 Å². The van der Waals surface area contributed by atoms with Crippen LogP contribution in [0.15, 0.2) is 16.5 Å². The molecule has 2 nitrogen and oxygen atoms in total. The van der Waals surface area contributed by atoms with Gasteiger partial charge in [0.1, 0.15) is 11.5 Å². The molecule has 4 rings (SSSR count). The fourth-order valence-electron chi connectivity index (χ4n) is 3.53. The maximum atomic E-state index is 5.88. The zero-order chi connectivity index (χ0) is 13.7. The van der Waals surface area contributed by atoms with Crippen molar-refractivity contribution in [1.82, 2.24) is 4.90 Å². The molecule has 0 aromatic carbocycles. The largest absolute Gasteiger partial charge is 0.466 e. The monoisotopic (exact) mass is 307 g/mol. The Balaban J connectivity index is 1.68. The fourth-order valence-corrected chi connectivity index (χ4v) is 5.06. The summed E-state index contributed by atoms with van der Waals surface area (Å²) in [6.45, 7) is 4.26. The van der Waals surface area contributed by atoms with Crippen molar-refractivity contribution in [3.8, 4) is 0 Å². The second-order valence-corrected chi connectivity index (χ2v) is 7.38. The van der Waals surface area contributed by atoms with E-state index in [-0.39, 0.29) is 0 Å². The van der Waals surface area contributed by atoms with E-state index in [1.807, 2.05) is 11.3 Å². The molecule has 4 heterocycles. The third kappa shape index (κ3) is 2.03. The molecule has 2 aromatic heterocycles. The van der Waals surface area contributed by atoms with Gasteiger partial charge in [-0.05, 0) is 31.0 Å². The highest BCUT2D eigenvalue weighted by molar-refractivity contribution is 7.12. The average molecular weight is 308 g/mol. The fraction of sp³-hybridized carbons (Fsp3) is 0.500. The molecule has 0 saturated carbocycles. The van der Waals surface area contributed by atoms with Crippen LogP contribution >= 0.6 is 22.9 Å². The highest BCUT2D eigenvalue weighted by Crippen LogP contribution is 2.41. The summed E-state index contributed by atoms with van der Waals surface area (Å²) in [5, 5.41) is 0. The van der Waals surface area contributed by atoms with Gasteiger partial charge >= 0.3 is 0 Å². The lowest BCUT2D eigenvalue weighted by Gasteiger charge is -2.38. The lowest BCUT2D eigenvalue weighted by molar-refractivity contribution is 0.155. The van der Waals surface area contributed by atoms with Gasteiger partial charge in [-0.1, -0.05) is 0 Å². The second-order valence-electron chi connectivity index (χ2n) is 5.78. The molecule has 0 N–H and O–H groups in total. The third-order valence-electron chi connectivity index (χ3n) is 4.43. The number of rotatable bonds is 2. The SMILES string of the molecule is Cc1cc2c(o1)CCN1Cc3cc(CCCl)sc3C[C@@H]21. The van der Waals surface area contributed by atoms with Crippen molar-refractivity contribution < 1.29 is 4.42 Å². The van der Waals surface area contributed by atoms with Crippen molar-refractivity contribution in [1.29, 1.82) is 0 Å². The first-order valence-corrected chi connectivity index (χ1v) is 8.59. The third-order valence-corrected chi connectivity index (χ3v) is 5.88. The highest BCUT2D eigenvalue weighted by atomic mass is 35.5. The molecule has 0 bridgehead atoms. The summed E-state index contributed by atoms with van der Waals surface area (Å²) in [5.41, 5.74) is 2.95. The number of halogens is 1. The van der Waals surface area contributed by atoms with E-state index in [0.717, 1.165) is 44.0 Å². The number of hydrogen-bond acceptors (Lipinski definition) is 3. The number of thiophene rings is 1. The molecule has 2 aromatic rings. The van der Waals surface area contributed by atoms with E-state index in [2.05, 4.69) is 24.0 Å². The zero-order valence-corrected chi connectivity index (χ0v) is 13.2. The predicted octanol–water partition coefficient (Wildman–Crippen LogP) is 4.09. The van der Waals surface area contributed by atoms with Crippen LogP contribution in [-0.4, -0.2) is 17.3 Å². The van der Waals surface area contributed by atoms with E-state index >= 15 is 0 Å². The van der Waals surface area contributed by atoms with Gasteiger partial charge in [-0.2, -0.15) is 0 Å². The Labute approximate surface area is 128 Å². The molecule has 0 saturated heterocycles.